The molecule has 0 aliphatic heterocycles. The highest BCUT2D eigenvalue weighted by Crippen LogP contribution is 2.22. The van der Waals surface area contributed by atoms with Gasteiger partial charge < -0.3 is 10.4 Å². The first kappa shape index (κ1) is 19.8. The van der Waals surface area contributed by atoms with E-state index >= 15 is 0 Å². The Morgan fingerprint density at radius 3 is 2.54 bits per heavy atom. The fourth-order valence-electron chi connectivity index (χ4n) is 2.88. The van der Waals surface area contributed by atoms with Gasteiger partial charge in [-0.2, -0.15) is 10.2 Å². The Morgan fingerprint density at radius 2 is 1.89 bits per heavy atom. The molecule has 0 saturated carbocycles. The highest BCUT2D eigenvalue weighted by molar-refractivity contribution is 9.10. The van der Waals surface area contributed by atoms with Crippen molar-refractivity contribution in [1.29, 1.82) is 0 Å². The van der Waals surface area contributed by atoms with Gasteiger partial charge in [-0.25, -0.2) is 9.48 Å². The minimum absolute atomic E-state index is 0.175. The summed E-state index contributed by atoms with van der Waals surface area (Å²) in [6.45, 7) is 5.74. The molecule has 28 heavy (non-hydrogen) atoms. The molecule has 0 saturated heterocycles. The van der Waals surface area contributed by atoms with Crippen molar-refractivity contribution in [3.05, 3.63) is 63.6 Å². The van der Waals surface area contributed by atoms with Crippen molar-refractivity contribution in [3.8, 4) is 0 Å². The monoisotopic (exact) mass is 445 g/mol. The molecule has 0 spiro atoms. The maximum Gasteiger partial charge on any atom is 0.328 e. The smallest absolute Gasteiger partial charge is 0.328 e. The summed E-state index contributed by atoms with van der Waals surface area (Å²) in [6.07, 6.45) is 1.41. The predicted octanol–water partition coefficient (Wildman–Crippen LogP) is 3.41. The third-order valence-corrected chi connectivity index (χ3v) is 5.02. The van der Waals surface area contributed by atoms with E-state index in [-0.39, 0.29) is 5.69 Å². The third kappa shape index (κ3) is 3.99. The van der Waals surface area contributed by atoms with Crippen LogP contribution in [0.1, 0.15) is 40.4 Å². The number of aliphatic carboxylic acids is 1. The van der Waals surface area contributed by atoms with Gasteiger partial charge in [0.15, 0.2) is 0 Å². The molecule has 3 aromatic rings. The van der Waals surface area contributed by atoms with Crippen LogP contribution in [-0.2, 0) is 11.3 Å². The first-order chi connectivity index (χ1) is 13.3. The van der Waals surface area contributed by atoms with Crippen LogP contribution in [-0.4, -0.2) is 36.5 Å². The molecule has 146 valence electrons. The number of amides is 1. The number of carboxylic acid groups (broad SMARTS) is 1. The van der Waals surface area contributed by atoms with Crippen LogP contribution in [0.3, 0.4) is 0 Å². The fourth-order valence-corrected chi connectivity index (χ4v) is 3.14. The van der Waals surface area contributed by atoms with Crippen LogP contribution in [0.2, 0.25) is 0 Å². The molecule has 2 heterocycles. The number of nitrogens with zero attached hydrogens (tertiary/aromatic N) is 4. The second-order valence-corrected chi connectivity index (χ2v) is 7.37. The van der Waals surface area contributed by atoms with E-state index in [0.29, 0.717) is 17.9 Å². The average molecular weight is 446 g/mol. The minimum atomic E-state index is -1.06. The summed E-state index contributed by atoms with van der Waals surface area (Å²) in [5.74, 6) is -1.49. The van der Waals surface area contributed by atoms with Gasteiger partial charge in [-0.05, 0) is 44.5 Å². The van der Waals surface area contributed by atoms with E-state index in [2.05, 4.69) is 31.4 Å². The Balaban J connectivity index is 1.83. The molecule has 0 aliphatic carbocycles. The Bertz CT molecular complexity index is 1020. The number of halogens is 1. The van der Waals surface area contributed by atoms with Crippen molar-refractivity contribution in [2.45, 2.75) is 33.4 Å². The van der Waals surface area contributed by atoms with Crippen molar-refractivity contribution in [2.24, 2.45) is 0 Å². The highest BCUT2D eigenvalue weighted by Gasteiger charge is 2.23. The number of anilines is 1. The molecule has 0 fully saturated rings. The molecule has 1 amide bonds. The molecule has 0 bridgehead atoms. The number of benzene rings is 1. The zero-order valence-corrected chi connectivity index (χ0v) is 17.3. The van der Waals surface area contributed by atoms with Gasteiger partial charge in [-0.3, -0.25) is 9.48 Å². The van der Waals surface area contributed by atoms with Crippen LogP contribution in [0.25, 0.3) is 0 Å². The summed E-state index contributed by atoms with van der Waals surface area (Å²) in [7, 11) is 0. The third-order valence-electron chi connectivity index (χ3n) is 4.49. The molecule has 0 aliphatic rings. The molecule has 2 aromatic heterocycles. The summed E-state index contributed by atoms with van der Waals surface area (Å²) in [4.78, 5) is 24.0. The molecule has 1 atom stereocenters. The summed E-state index contributed by atoms with van der Waals surface area (Å²) < 4.78 is 4.02. The number of carboxylic acids is 1. The minimum Gasteiger partial charge on any atom is -0.480 e. The molecule has 1 unspecified atom stereocenters. The SMILES string of the molecule is Cc1nn(Cc2ccc(Br)cc2)c(C)c1NC(=O)c1ccnn1C(C)C(=O)O. The van der Waals surface area contributed by atoms with E-state index < -0.39 is 17.9 Å². The Kier molecular flexibility index (Phi) is 5.64. The number of carbonyl (C=O) groups excluding carboxylic acids is 1. The fraction of sp³-hybridized carbons (Fsp3) is 0.263. The molecule has 9 heteroatoms. The summed E-state index contributed by atoms with van der Waals surface area (Å²) in [5, 5.41) is 20.5. The van der Waals surface area contributed by atoms with Gasteiger partial charge in [0.05, 0.1) is 23.6 Å². The molecular formula is C19H20BrN5O3. The topological polar surface area (TPSA) is 102 Å². The number of aromatic nitrogens is 4. The summed E-state index contributed by atoms with van der Waals surface area (Å²) in [5.41, 5.74) is 3.36. The lowest BCUT2D eigenvalue weighted by Crippen LogP contribution is -2.24. The normalized spacial score (nSPS) is 12.0. The van der Waals surface area contributed by atoms with E-state index in [1.54, 1.807) is 0 Å². The highest BCUT2D eigenvalue weighted by atomic mass is 79.9. The Hall–Kier alpha value is -2.94. The number of rotatable bonds is 6. The van der Waals surface area contributed by atoms with E-state index in [1.165, 1.54) is 23.9 Å². The van der Waals surface area contributed by atoms with Crippen LogP contribution in [0.5, 0.6) is 0 Å². The molecule has 1 aromatic carbocycles. The maximum absolute atomic E-state index is 12.7. The van der Waals surface area contributed by atoms with Crippen molar-refractivity contribution in [2.75, 3.05) is 5.32 Å². The van der Waals surface area contributed by atoms with Crippen LogP contribution in [0.15, 0.2) is 41.0 Å². The number of carbonyl (C=O) groups is 2. The van der Waals surface area contributed by atoms with Gasteiger partial charge in [0.2, 0.25) is 0 Å². The quantitative estimate of drug-likeness (QED) is 0.605. The van der Waals surface area contributed by atoms with E-state index in [9.17, 15) is 14.7 Å². The van der Waals surface area contributed by atoms with Gasteiger partial charge in [-0.15, -0.1) is 0 Å². The van der Waals surface area contributed by atoms with Gasteiger partial charge in [0.1, 0.15) is 11.7 Å². The van der Waals surface area contributed by atoms with Crippen LogP contribution in [0, 0.1) is 13.8 Å². The molecule has 3 rings (SSSR count). The molecule has 8 nitrogen and oxygen atoms in total. The lowest BCUT2D eigenvalue weighted by molar-refractivity contribution is -0.140. The van der Waals surface area contributed by atoms with Gasteiger partial charge in [0, 0.05) is 10.7 Å². The average Bonchev–Trinajstić information content (AvgIpc) is 3.24. The number of hydrogen-bond donors (Lipinski definition) is 2. The van der Waals surface area contributed by atoms with Gasteiger partial charge >= 0.3 is 5.97 Å². The largest absolute Gasteiger partial charge is 0.480 e. The lowest BCUT2D eigenvalue weighted by atomic mass is 10.2. The maximum atomic E-state index is 12.7. The van der Waals surface area contributed by atoms with Crippen molar-refractivity contribution >= 4 is 33.5 Å². The number of nitrogens with one attached hydrogen (secondary N) is 1. The number of aryl methyl sites for hydroxylation is 1. The van der Waals surface area contributed by atoms with Crippen LogP contribution >= 0.6 is 15.9 Å². The Morgan fingerprint density at radius 1 is 1.21 bits per heavy atom. The zero-order valence-electron chi connectivity index (χ0n) is 15.7. The first-order valence-electron chi connectivity index (χ1n) is 8.64. The Labute approximate surface area is 170 Å². The van der Waals surface area contributed by atoms with E-state index in [4.69, 9.17) is 0 Å². The van der Waals surface area contributed by atoms with E-state index in [1.807, 2.05) is 42.8 Å². The van der Waals surface area contributed by atoms with Gasteiger partial charge in [-0.1, -0.05) is 28.1 Å². The second kappa shape index (κ2) is 7.97. The molecular weight excluding hydrogens is 426 g/mol. The van der Waals surface area contributed by atoms with Crippen LogP contribution in [0.4, 0.5) is 5.69 Å². The van der Waals surface area contributed by atoms with Crippen molar-refractivity contribution in [1.82, 2.24) is 19.6 Å². The second-order valence-electron chi connectivity index (χ2n) is 6.46. The zero-order chi connectivity index (χ0) is 20.4. The summed E-state index contributed by atoms with van der Waals surface area (Å²) >= 11 is 3.42. The first-order valence-corrected chi connectivity index (χ1v) is 9.43. The van der Waals surface area contributed by atoms with E-state index in [0.717, 1.165) is 15.7 Å². The van der Waals surface area contributed by atoms with Crippen molar-refractivity contribution < 1.29 is 14.7 Å². The number of hydrogen-bond acceptors (Lipinski definition) is 4. The molecule has 0 radical (unpaired) electrons. The summed E-state index contributed by atoms with van der Waals surface area (Å²) in [6, 6.07) is 8.49. The molecule has 2 N–H and O–H groups in total. The van der Waals surface area contributed by atoms with Gasteiger partial charge in [0.25, 0.3) is 5.91 Å². The standard InChI is InChI=1S/C19H20BrN5O3/c1-11-17(12(2)24(23-11)10-14-4-6-15(20)7-5-14)22-18(26)16-8-9-21-25(16)13(3)19(27)28/h4-9,13H,10H2,1-3H3,(H,22,26)(H,27,28). The van der Waals surface area contributed by atoms with Crippen LogP contribution < -0.4 is 5.32 Å². The van der Waals surface area contributed by atoms with Crippen molar-refractivity contribution in [3.63, 3.8) is 0 Å². The lowest BCUT2D eigenvalue weighted by Gasteiger charge is -2.12. The predicted molar refractivity (Wildman–Crippen MR) is 107 cm³/mol.